The molecule has 0 saturated carbocycles. The first kappa shape index (κ1) is 15.5. The molecule has 0 fully saturated rings. The summed E-state index contributed by atoms with van der Waals surface area (Å²) in [4.78, 5) is 32.4. The molecule has 0 spiro atoms. The zero-order valence-electron chi connectivity index (χ0n) is 10.1. The van der Waals surface area contributed by atoms with Crippen LogP contribution < -0.4 is 5.32 Å². The molecule has 20 heavy (non-hydrogen) atoms. The molecule has 0 aliphatic rings. The largest absolute Gasteiger partial charge is 0.478 e. The third-order valence-corrected chi connectivity index (χ3v) is 2.35. The molecule has 1 unspecified atom stereocenters. The number of nitro benzene ring substituents is 1. The Hall–Kier alpha value is -2.52. The number of hydrogen-bond acceptors (Lipinski definition) is 6. The fraction of sp³-hybridized carbons (Fsp3) is 0.273. The average molecular weight is 284 g/mol. The number of aliphatic hydroxyl groups excluding tert-OH is 2. The Morgan fingerprint density at radius 1 is 1.30 bits per heavy atom. The van der Waals surface area contributed by atoms with Crippen molar-refractivity contribution in [2.45, 2.75) is 6.10 Å². The van der Waals surface area contributed by atoms with Gasteiger partial charge < -0.3 is 20.6 Å². The highest BCUT2D eigenvalue weighted by Crippen LogP contribution is 2.17. The molecular weight excluding hydrogens is 272 g/mol. The van der Waals surface area contributed by atoms with E-state index in [0.29, 0.717) is 0 Å². The Morgan fingerprint density at radius 3 is 2.40 bits per heavy atom. The van der Waals surface area contributed by atoms with Crippen LogP contribution >= 0.6 is 0 Å². The minimum Gasteiger partial charge on any atom is -0.478 e. The second-order valence-electron chi connectivity index (χ2n) is 3.88. The van der Waals surface area contributed by atoms with Crippen molar-refractivity contribution >= 4 is 17.6 Å². The van der Waals surface area contributed by atoms with Crippen LogP contribution in [-0.2, 0) is 0 Å². The number of carbonyl (C=O) groups is 2. The number of carboxylic acid groups (broad SMARTS) is 1. The van der Waals surface area contributed by atoms with E-state index < -0.39 is 40.8 Å². The van der Waals surface area contributed by atoms with E-state index in [2.05, 4.69) is 5.32 Å². The van der Waals surface area contributed by atoms with Gasteiger partial charge in [0.15, 0.2) is 0 Å². The molecule has 1 amide bonds. The molecule has 0 radical (unpaired) electrons. The molecule has 1 rings (SSSR count). The quantitative estimate of drug-likeness (QED) is 0.401. The van der Waals surface area contributed by atoms with Crippen LogP contribution in [-0.4, -0.2) is 51.4 Å². The van der Waals surface area contributed by atoms with Gasteiger partial charge in [0.1, 0.15) is 0 Å². The number of benzene rings is 1. The first-order valence-corrected chi connectivity index (χ1v) is 5.45. The van der Waals surface area contributed by atoms with Gasteiger partial charge >= 0.3 is 5.97 Å². The lowest BCUT2D eigenvalue weighted by Crippen LogP contribution is -2.34. The summed E-state index contributed by atoms with van der Waals surface area (Å²) < 4.78 is 0. The van der Waals surface area contributed by atoms with E-state index in [-0.39, 0.29) is 12.1 Å². The van der Waals surface area contributed by atoms with E-state index in [9.17, 15) is 19.7 Å². The second kappa shape index (κ2) is 6.59. The van der Waals surface area contributed by atoms with Crippen molar-refractivity contribution in [1.82, 2.24) is 5.32 Å². The van der Waals surface area contributed by atoms with Gasteiger partial charge in [-0.25, -0.2) is 4.79 Å². The van der Waals surface area contributed by atoms with E-state index in [1.54, 1.807) is 0 Å². The van der Waals surface area contributed by atoms with Gasteiger partial charge in [-0.05, 0) is 6.07 Å². The van der Waals surface area contributed by atoms with Crippen LogP contribution in [0.25, 0.3) is 0 Å². The lowest BCUT2D eigenvalue weighted by Gasteiger charge is -2.09. The number of amides is 1. The average Bonchev–Trinajstić information content (AvgIpc) is 2.43. The topological polar surface area (TPSA) is 150 Å². The Kier molecular flexibility index (Phi) is 5.12. The van der Waals surface area contributed by atoms with Crippen molar-refractivity contribution in [1.29, 1.82) is 0 Å². The normalized spacial score (nSPS) is 11.7. The molecule has 0 aliphatic heterocycles. The molecule has 0 aliphatic carbocycles. The van der Waals surface area contributed by atoms with E-state index in [4.69, 9.17) is 15.3 Å². The lowest BCUT2D eigenvalue weighted by atomic mass is 10.1. The molecule has 0 aromatic heterocycles. The van der Waals surface area contributed by atoms with Crippen molar-refractivity contribution in [2.24, 2.45) is 0 Å². The van der Waals surface area contributed by atoms with Crippen molar-refractivity contribution in [3.05, 3.63) is 39.4 Å². The molecule has 0 saturated heterocycles. The minimum absolute atomic E-state index is 0.221. The number of nitro groups is 1. The van der Waals surface area contributed by atoms with Crippen molar-refractivity contribution in [3.8, 4) is 0 Å². The molecule has 4 N–H and O–H groups in total. The van der Waals surface area contributed by atoms with Crippen LogP contribution in [0.2, 0.25) is 0 Å². The van der Waals surface area contributed by atoms with E-state index in [0.717, 1.165) is 18.2 Å². The van der Waals surface area contributed by atoms with Crippen molar-refractivity contribution in [2.75, 3.05) is 13.2 Å². The molecule has 0 heterocycles. The van der Waals surface area contributed by atoms with Crippen LogP contribution in [0.3, 0.4) is 0 Å². The second-order valence-corrected chi connectivity index (χ2v) is 3.88. The van der Waals surface area contributed by atoms with Crippen molar-refractivity contribution in [3.63, 3.8) is 0 Å². The Labute approximate surface area is 112 Å². The number of aliphatic hydroxyl groups is 2. The number of nitrogens with one attached hydrogen (secondary N) is 1. The SMILES string of the molecule is O=C(O)c1cc(C(=O)NCC(O)CO)cc([N+](=O)[O-])c1. The van der Waals surface area contributed by atoms with E-state index in [1.165, 1.54) is 0 Å². The minimum atomic E-state index is -1.40. The van der Waals surface area contributed by atoms with Gasteiger partial charge in [-0.1, -0.05) is 0 Å². The summed E-state index contributed by atoms with van der Waals surface area (Å²) >= 11 is 0. The van der Waals surface area contributed by atoms with Gasteiger partial charge in [0, 0.05) is 24.2 Å². The van der Waals surface area contributed by atoms with Gasteiger partial charge in [-0.2, -0.15) is 0 Å². The first-order chi connectivity index (χ1) is 9.35. The number of hydrogen-bond donors (Lipinski definition) is 4. The van der Waals surface area contributed by atoms with Crippen molar-refractivity contribution < 1.29 is 29.8 Å². The van der Waals surface area contributed by atoms with Gasteiger partial charge in [-0.15, -0.1) is 0 Å². The fourth-order valence-electron chi connectivity index (χ4n) is 1.35. The highest BCUT2D eigenvalue weighted by Gasteiger charge is 2.17. The Balaban J connectivity index is 3.01. The molecule has 9 heteroatoms. The summed E-state index contributed by atoms with van der Waals surface area (Å²) in [6, 6.07) is 2.74. The number of rotatable bonds is 6. The Bertz CT molecular complexity index is 511. The highest BCUT2D eigenvalue weighted by atomic mass is 16.6. The third-order valence-electron chi connectivity index (χ3n) is 2.35. The number of nitrogens with zero attached hydrogens (tertiary/aromatic N) is 1. The summed E-state index contributed by atoms with van der Waals surface area (Å²) in [6.07, 6.45) is -1.17. The maximum atomic E-state index is 11.7. The Morgan fingerprint density at radius 2 is 1.90 bits per heavy atom. The predicted octanol–water partition coefficient (Wildman–Crippen LogP) is -0.624. The summed E-state index contributed by atoms with van der Waals surface area (Å²) in [6.45, 7) is -0.823. The zero-order valence-corrected chi connectivity index (χ0v) is 10.1. The summed E-state index contributed by atoms with van der Waals surface area (Å²) in [5.41, 5.74) is -1.15. The smallest absolute Gasteiger partial charge is 0.335 e. The number of aromatic carboxylic acids is 1. The summed E-state index contributed by atoms with van der Waals surface area (Å²) in [7, 11) is 0. The molecule has 1 atom stereocenters. The molecule has 108 valence electrons. The van der Waals surface area contributed by atoms with E-state index in [1.807, 2.05) is 0 Å². The van der Waals surface area contributed by atoms with Gasteiger partial charge in [0.05, 0.1) is 23.2 Å². The van der Waals surface area contributed by atoms with Gasteiger partial charge in [-0.3, -0.25) is 14.9 Å². The fourth-order valence-corrected chi connectivity index (χ4v) is 1.35. The van der Waals surface area contributed by atoms with E-state index >= 15 is 0 Å². The number of non-ortho nitro benzene ring substituents is 1. The summed E-state index contributed by atoms with van der Waals surface area (Å²) in [5.74, 6) is -2.19. The predicted molar refractivity (Wildman–Crippen MR) is 65.5 cm³/mol. The van der Waals surface area contributed by atoms with Crippen LogP contribution in [0, 0.1) is 10.1 Å². The molecule has 1 aromatic carbocycles. The van der Waals surface area contributed by atoms with Crippen LogP contribution in [0.1, 0.15) is 20.7 Å². The molecular formula is C11H12N2O7. The van der Waals surface area contributed by atoms with Crippen LogP contribution in [0.5, 0.6) is 0 Å². The molecule has 0 bridgehead atoms. The monoisotopic (exact) mass is 284 g/mol. The highest BCUT2D eigenvalue weighted by molar-refractivity contribution is 5.98. The maximum Gasteiger partial charge on any atom is 0.335 e. The third kappa shape index (κ3) is 4.00. The maximum absolute atomic E-state index is 11.7. The lowest BCUT2D eigenvalue weighted by molar-refractivity contribution is -0.384. The standard InChI is InChI=1S/C11H12N2O7/c14-5-9(15)4-12-10(16)6-1-7(11(17)18)3-8(2-6)13(19)20/h1-3,9,14-15H,4-5H2,(H,12,16)(H,17,18). The summed E-state index contributed by atoms with van der Waals surface area (Å²) in [5, 5.41) is 39.4. The van der Waals surface area contributed by atoms with Gasteiger partial charge in [0.2, 0.25) is 0 Å². The molecule has 1 aromatic rings. The zero-order chi connectivity index (χ0) is 15.3. The molecule has 9 nitrogen and oxygen atoms in total. The van der Waals surface area contributed by atoms with Gasteiger partial charge in [0.25, 0.3) is 11.6 Å². The number of carbonyl (C=O) groups excluding carboxylic acids is 1. The number of carboxylic acids is 1. The van der Waals surface area contributed by atoms with Crippen LogP contribution in [0.15, 0.2) is 18.2 Å². The van der Waals surface area contributed by atoms with Crippen LogP contribution in [0.4, 0.5) is 5.69 Å². The first-order valence-electron chi connectivity index (χ1n) is 5.45.